The third-order valence-corrected chi connectivity index (χ3v) is 2.29. The highest BCUT2D eigenvalue weighted by atomic mass is 32.3. The third kappa shape index (κ3) is 9.40. The molecule has 0 aliphatic carbocycles. The molecule has 5 N–H and O–H groups in total. The van der Waals surface area contributed by atoms with Crippen LogP contribution in [0.4, 0.5) is 5.69 Å². The molecule has 0 amide bonds. The van der Waals surface area contributed by atoms with Crippen molar-refractivity contribution in [3.63, 3.8) is 0 Å². The second kappa shape index (κ2) is 8.83. The summed E-state index contributed by atoms with van der Waals surface area (Å²) >= 11 is 0. The van der Waals surface area contributed by atoms with Gasteiger partial charge in [-0.25, -0.2) is 0 Å². The Morgan fingerprint density at radius 1 is 1.21 bits per heavy atom. The fraction of sp³-hybridized carbons (Fsp3) is 0.455. The molecule has 19 heavy (non-hydrogen) atoms. The van der Waals surface area contributed by atoms with Crippen molar-refractivity contribution < 1.29 is 22.6 Å². The summed E-state index contributed by atoms with van der Waals surface area (Å²) in [5.74, 6) is 0. The summed E-state index contributed by atoms with van der Waals surface area (Å²) in [6, 6.07) is 8.13. The highest BCUT2D eigenvalue weighted by Crippen LogP contribution is 2.14. The lowest BCUT2D eigenvalue weighted by Gasteiger charge is -2.22. The van der Waals surface area contributed by atoms with Crippen molar-refractivity contribution in [3.8, 4) is 0 Å². The number of nitrogens with two attached hydrogens (primary N) is 1. The number of rotatable bonds is 5. The van der Waals surface area contributed by atoms with Crippen LogP contribution >= 0.6 is 0 Å². The van der Waals surface area contributed by atoms with Gasteiger partial charge in [0.05, 0.1) is 6.61 Å². The fourth-order valence-corrected chi connectivity index (χ4v) is 1.43. The summed E-state index contributed by atoms with van der Waals surface area (Å²) in [5, 5.41) is 8.87. The van der Waals surface area contributed by atoms with Crippen molar-refractivity contribution in [3.05, 3.63) is 29.8 Å². The molecule has 0 atom stereocenters. The molecule has 0 aliphatic rings. The molecule has 0 unspecified atom stereocenters. The smallest absolute Gasteiger partial charge is 0.394 e. The van der Waals surface area contributed by atoms with E-state index < -0.39 is 10.4 Å². The van der Waals surface area contributed by atoms with Crippen molar-refractivity contribution >= 4 is 16.1 Å². The summed E-state index contributed by atoms with van der Waals surface area (Å²) in [6.45, 7) is 4.42. The minimum absolute atomic E-state index is 0.187. The van der Waals surface area contributed by atoms with Crippen molar-refractivity contribution in [2.24, 2.45) is 5.73 Å². The minimum atomic E-state index is -4.67. The number of hydrogen-bond donors (Lipinski definition) is 4. The number of aliphatic hydroxyl groups is 1. The molecule has 0 saturated carbocycles. The largest absolute Gasteiger partial charge is 0.395 e. The highest BCUT2D eigenvalue weighted by molar-refractivity contribution is 7.79. The average Bonchev–Trinajstić information content (AvgIpc) is 2.34. The molecule has 1 aromatic rings. The van der Waals surface area contributed by atoms with Gasteiger partial charge >= 0.3 is 10.4 Å². The quantitative estimate of drug-likeness (QED) is 0.576. The maximum atomic E-state index is 8.87. The van der Waals surface area contributed by atoms with Crippen LogP contribution < -0.4 is 10.6 Å². The highest BCUT2D eigenvalue weighted by Gasteiger charge is 2.02. The Balaban J connectivity index is 0.000000555. The van der Waals surface area contributed by atoms with E-state index in [1.54, 1.807) is 0 Å². The van der Waals surface area contributed by atoms with E-state index in [4.69, 9.17) is 28.4 Å². The Morgan fingerprint density at radius 2 is 1.68 bits per heavy atom. The van der Waals surface area contributed by atoms with Crippen LogP contribution in [0.1, 0.15) is 12.5 Å². The zero-order valence-electron chi connectivity index (χ0n) is 10.7. The third-order valence-electron chi connectivity index (χ3n) is 2.29. The maximum absolute atomic E-state index is 8.87. The van der Waals surface area contributed by atoms with Gasteiger partial charge in [0.1, 0.15) is 0 Å². The van der Waals surface area contributed by atoms with Gasteiger partial charge in [-0.15, -0.1) is 0 Å². The van der Waals surface area contributed by atoms with E-state index in [2.05, 4.69) is 11.8 Å². The molecule has 1 aromatic carbocycles. The van der Waals surface area contributed by atoms with Crippen LogP contribution in [0.5, 0.6) is 0 Å². The van der Waals surface area contributed by atoms with Crippen LogP contribution in [-0.4, -0.2) is 42.3 Å². The first-order chi connectivity index (χ1) is 8.81. The lowest BCUT2D eigenvalue weighted by Crippen LogP contribution is -2.26. The van der Waals surface area contributed by atoms with Crippen molar-refractivity contribution in [1.29, 1.82) is 0 Å². The van der Waals surface area contributed by atoms with E-state index in [0.717, 1.165) is 17.8 Å². The van der Waals surface area contributed by atoms with Gasteiger partial charge in [-0.05, 0) is 24.6 Å². The molecular weight excluding hydrogens is 272 g/mol. The monoisotopic (exact) mass is 292 g/mol. The van der Waals surface area contributed by atoms with E-state index in [0.29, 0.717) is 13.1 Å². The van der Waals surface area contributed by atoms with Crippen LogP contribution in [0.25, 0.3) is 0 Å². The molecule has 0 fully saturated rings. The number of likely N-dealkylation sites (N-methyl/N-ethyl adjacent to an activating group) is 1. The van der Waals surface area contributed by atoms with E-state index in [-0.39, 0.29) is 6.61 Å². The van der Waals surface area contributed by atoms with Gasteiger partial charge in [0, 0.05) is 25.3 Å². The molecule has 0 bridgehead atoms. The number of benzene rings is 1. The normalized spacial score (nSPS) is 10.6. The predicted octanol–water partition coefficient (Wildman–Crippen LogP) is 0.311. The van der Waals surface area contributed by atoms with E-state index >= 15 is 0 Å². The van der Waals surface area contributed by atoms with Crippen LogP contribution in [0.3, 0.4) is 0 Å². The number of nitrogens with zero attached hydrogens (tertiary/aromatic N) is 1. The van der Waals surface area contributed by atoms with Gasteiger partial charge < -0.3 is 15.7 Å². The summed E-state index contributed by atoms with van der Waals surface area (Å²) in [7, 11) is -4.67. The van der Waals surface area contributed by atoms with Crippen LogP contribution in [0, 0.1) is 0 Å². The van der Waals surface area contributed by atoms with E-state index in [1.165, 1.54) is 0 Å². The zero-order valence-corrected chi connectivity index (χ0v) is 11.5. The molecule has 7 nitrogen and oxygen atoms in total. The molecule has 0 radical (unpaired) electrons. The Morgan fingerprint density at radius 3 is 2.00 bits per heavy atom. The first-order valence-electron chi connectivity index (χ1n) is 5.66. The number of aliphatic hydroxyl groups excluding tert-OH is 1. The Hall–Kier alpha value is -1.19. The molecule has 0 saturated heterocycles. The molecular formula is C11H20N2O5S. The number of hydrogen-bond acceptors (Lipinski definition) is 5. The van der Waals surface area contributed by atoms with Crippen LogP contribution in [0.2, 0.25) is 0 Å². The fourth-order valence-electron chi connectivity index (χ4n) is 1.43. The molecule has 110 valence electrons. The predicted molar refractivity (Wildman–Crippen MR) is 73.5 cm³/mol. The van der Waals surface area contributed by atoms with Crippen molar-refractivity contribution in [2.75, 3.05) is 24.6 Å². The Labute approximate surface area is 113 Å². The van der Waals surface area contributed by atoms with Gasteiger partial charge in [-0.1, -0.05) is 12.1 Å². The minimum Gasteiger partial charge on any atom is -0.395 e. The SMILES string of the molecule is CCN(CCO)c1ccc(CN)cc1.O=S(=O)(O)O. The standard InChI is InChI=1S/C11H18N2O.H2O4S/c1-2-13(7-8-14)11-5-3-10(9-12)4-6-11;1-5(2,3)4/h3-6,14H,2,7-9,12H2,1H3;(H2,1,2,3,4). The van der Waals surface area contributed by atoms with Gasteiger partial charge in [0.2, 0.25) is 0 Å². The van der Waals surface area contributed by atoms with Crippen LogP contribution in [-0.2, 0) is 16.9 Å². The summed E-state index contributed by atoms with van der Waals surface area (Å²) in [4.78, 5) is 2.13. The average molecular weight is 292 g/mol. The second-order valence-corrected chi connectivity index (χ2v) is 4.52. The summed E-state index contributed by atoms with van der Waals surface area (Å²) < 4.78 is 31.6. The zero-order chi connectivity index (χ0) is 14.9. The Kier molecular flexibility index (Phi) is 8.28. The molecule has 0 heterocycles. The van der Waals surface area contributed by atoms with Crippen LogP contribution in [0.15, 0.2) is 24.3 Å². The molecule has 1 rings (SSSR count). The van der Waals surface area contributed by atoms with Crippen molar-refractivity contribution in [1.82, 2.24) is 0 Å². The van der Waals surface area contributed by atoms with E-state index in [1.807, 2.05) is 24.3 Å². The summed E-state index contributed by atoms with van der Waals surface area (Å²) in [6.07, 6.45) is 0. The van der Waals surface area contributed by atoms with E-state index in [9.17, 15) is 0 Å². The molecule has 0 spiro atoms. The lowest BCUT2D eigenvalue weighted by atomic mass is 10.2. The topological polar surface area (TPSA) is 124 Å². The van der Waals surface area contributed by atoms with Gasteiger partial charge in [0.15, 0.2) is 0 Å². The number of anilines is 1. The lowest BCUT2D eigenvalue weighted by molar-refractivity contribution is 0.302. The van der Waals surface area contributed by atoms with Gasteiger partial charge in [0.25, 0.3) is 0 Å². The maximum Gasteiger partial charge on any atom is 0.394 e. The molecule has 0 aliphatic heterocycles. The first-order valence-corrected chi connectivity index (χ1v) is 7.06. The summed E-state index contributed by atoms with van der Waals surface area (Å²) in [5.41, 5.74) is 7.78. The first kappa shape index (κ1) is 17.8. The second-order valence-electron chi connectivity index (χ2n) is 3.62. The molecule has 0 aromatic heterocycles. The molecule has 8 heteroatoms. The Bertz CT molecular complexity index is 439. The van der Waals surface area contributed by atoms with Crippen molar-refractivity contribution in [2.45, 2.75) is 13.5 Å². The van der Waals surface area contributed by atoms with Gasteiger partial charge in [-0.3, -0.25) is 9.11 Å². The van der Waals surface area contributed by atoms with Gasteiger partial charge in [-0.2, -0.15) is 8.42 Å².